The Morgan fingerprint density at radius 1 is 1.23 bits per heavy atom. The number of rotatable bonds is 9. The number of carbonyl (C=O) groups is 1. The lowest BCUT2D eigenvalue weighted by atomic mass is 10.1. The van der Waals surface area contributed by atoms with Crippen LogP contribution in [0.5, 0.6) is 0 Å². The summed E-state index contributed by atoms with van der Waals surface area (Å²) in [6, 6.07) is 9.88. The van der Waals surface area contributed by atoms with Crippen LogP contribution in [0.2, 0.25) is 0 Å². The van der Waals surface area contributed by atoms with Crippen LogP contribution in [0.4, 0.5) is 5.69 Å². The Labute approximate surface area is 227 Å². The summed E-state index contributed by atoms with van der Waals surface area (Å²) in [4.78, 5) is 17.9. The summed E-state index contributed by atoms with van der Waals surface area (Å²) < 4.78 is 3.60. The SMILES string of the molecule is Cc1ccc(C(N)NN(N)C2CC2)cc1NC(=O)c1cnc2ccc(-c3c(C)nn(CC(C)(C)O)c3C)cn12. The van der Waals surface area contributed by atoms with Crippen molar-refractivity contribution in [2.75, 3.05) is 5.32 Å². The maximum Gasteiger partial charge on any atom is 0.274 e. The number of carbonyl (C=O) groups excluding carboxylic acids is 1. The second kappa shape index (κ2) is 10.2. The fraction of sp³-hybridized carbons (Fsp3) is 0.393. The molecule has 1 amide bonds. The molecule has 0 bridgehead atoms. The number of amides is 1. The Kier molecular flexibility index (Phi) is 7.04. The minimum absolute atomic E-state index is 0.286. The van der Waals surface area contributed by atoms with Gasteiger partial charge in [0.2, 0.25) is 0 Å². The van der Waals surface area contributed by atoms with Gasteiger partial charge in [-0.25, -0.2) is 10.4 Å². The molecular formula is C28H37N9O2. The Balaban J connectivity index is 1.41. The molecule has 39 heavy (non-hydrogen) atoms. The first-order chi connectivity index (χ1) is 18.4. The van der Waals surface area contributed by atoms with E-state index in [2.05, 4.69) is 20.8 Å². The van der Waals surface area contributed by atoms with Gasteiger partial charge in [0.1, 0.15) is 11.3 Å². The molecule has 206 valence electrons. The van der Waals surface area contributed by atoms with Gasteiger partial charge in [-0.05, 0) is 76.8 Å². The zero-order valence-electron chi connectivity index (χ0n) is 23.1. The molecule has 1 saturated carbocycles. The van der Waals surface area contributed by atoms with E-state index < -0.39 is 11.8 Å². The Bertz CT molecular complexity index is 1530. The van der Waals surface area contributed by atoms with Gasteiger partial charge in [-0.2, -0.15) is 10.2 Å². The van der Waals surface area contributed by atoms with E-state index in [0.29, 0.717) is 29.6 Å². The average Bonchev–Trinajstić information content (AvgIpc) is 3.57. The molecule has 1 atom stereocenters. The molecule has 7 N–H and O–H groups in total. The van der Waals surface area contributed by atoms with E-state index in [1.165, 1.54) is 0 Å². The first-order valence-electron chi connectivity index (χ1n) is 13.1. The number of aromatic nitrogens is 4. The molecule has 4 aromatic rings. The molecule has 0 aliphatic heterocycles. The number of aryl methyl sites for hydroxylation is 2. The highest BCUT2D eigenvalue weighted by molar-refractivity contribution is 6.04. The molecular weight excluding hydrogens is 494 g/mol. The number of pyridine rings is 1. The number of fused-ring (bicyclic) bond motifs is 1. The predicted octanol–water partition coefficient (Wildman–Crippen LogP) is 2.95. The van der Waals surface area contributed by atoms with Crippen LogP contribution in [0.3, 0.4) is 0 Å². The number of nitrogens with zero attached hydrogens (tertiary/aromatic N) is 5. The quantitative estimate of drug-likeness (QED) is 0.126. The third kappa shape index (κ3) is 5.72. The van der Waals surface area contributed by atoms with Crippen molar-refractivity contribution < 1.29 is 9.90 Å². The van der Waals surface area contributed by atoms with Gasteiger partial charge in [-0.1, -0.05) is 12.1 Å². The molecule has 1 aliphatic rings. The fourth-order valence-corrected chi connectivity index (χ4v) is 4.78. The number of benzene rings is 1. The van der Waals surface area contributed by atoms with Crippen molar-refractivity contribution in [2.45, 2.75) is 71.8 Å². The molecule has 11 heteroatoms. The summed E-state index contributed by atoms with van der Waals surface area (Å²) in [5, 5.41) is 19.5. The van der Waals surface area contributed by atoms with E-state index in [4.69, 9.17) is 11.6 Å². The van der Waals surface area contributed by atoms with Gasteiger partial charge in [0.25, 0.3) is 5.91 Å². The highest BCUT2D eigenvalue weighted by atomic mass is 16.3. The molecule has 1 aromatic carbocycles. The van der Waals surface area contributed by atoms with Crippen molar-refractivity contribution in [3.63, 3.8) is 0 Å². The number of aliphatic hydroxyl groups is 1. The monoisotopic (exact) mass is 531 g/mol. The summed E-state index contributed by atoms with van der Waals surface area (Å²) in [5.41, 5.74) is 15.6. The maximum absolute atomic E-state index is 13.4. The summed E-state index contributed by atoms with van der Waals surface area (Å²) in [5.74, 6) is 5.74. The summed E-state index contributed by atoms with van der Waals surface area (Å²) >= 11 is 0. The molecule has 1 unspecified atom stereocenters. The smallest absolute Gasteiger partial charge is 0.274 e. The van der Waals surface area contributed by atoms with Crippen molar-refractivity contribution in [3.05, 3.63) is 70.9 Å². The van der Waals surface area contributed by atoms with Crippen molar-refractivity contribution in [3.8, 4) is 11.1 Å². The second-order valence-corrected chi connectivity index (χ2v) is 11.1. The van der Waals surface area contributed by atoms with Crippen LogP contribution in [0, 0.1) is 20.8 Å². The lowest BCUT2D eigenvalue weighted by molar-refractivity contribution is 0.0570. The number of hydrogen-bond donors (Lipinski definition) is 5. The number of nitrogens with one attached hydrogen (secondary N) is 2. The van der Waals surface area contributed by atoms with Crippen LogP contribution in [0.25, 0.3) is 16.8 Å². The third-order valence-electron chi connectivity index (χ3n) is 7.04. The summed E-state index contributed by atoms with van der Waals surface area (Å²) in [6.07, 6.45) is 5.07. The van der Waals surface area contributed by atoms with E-state index >= 15 is 0 Å². The lowest BCUT2D eigenvalue weighted by Gasteiger charge is -2.23. The molecule has 0 spiro atoms. The van der Waals surface area contributed by atoms with Gasteiger partial charge in [0, 0.05) is 34.7 Å². The summed E-state index contributed by atoms with van der Waals surface area (Å²) in [6.45, 7) is 9.75. The first kappa shape index (κ1) is 27.0. The standard InChI is InChI=1S/C28H37N9O2/c1-16-6-7-19(26(29)34-37(30)21-9-10-21)12-22(16)32-27(38)23-13-31-24-11-8-20(14-35(23)24)25-17(2)33-36(18(25)3)15-28(4,5)39/h6-8,11-14,21,26,34,39H,9-10,15,29-30H2,1-5H3,(H,32,38). The minimum Gasteiger partial charge on any atom is -0.389 e. The molecule has 0 radical (unpaired) electrons. The van der Waals surface area contributed by atoms with E-state index in [1.807, 2.05) is 62.0 Å². The highest BCUT2D eigenvalue weighted by Gasteiger charge is 2.28. The first-order valence-corrected chi connectivity index (χ1v) is 13.1. The van der Waals surface area contributed by atoms with E-state index in [1.54, 1.807) is 29.6 Å². The van der Waals surface area contributed by atoms with Crippen LogP contribution in [0.1, 0.15) is 65.9 Å². The fourth-order valence-electron chi connectivity index (χ4n) is 4.78. The van der Waals surface area contributed by atoms with Crippen molar-refractivity contribution in [2.24, 2.45) is 11.6 Å². The number of nitrogens with two attached hydrogens (primary N) is 2. The van der Waals surface area contributed by atoms with Gasteiger partial charge in [-0.3, -0.25) is 19.7 Å². The molecule has 1 aliphatic carbocycles. The van der Waals surface area contributed by atoms with E-state index in [-0.39, 0.29) is 5.91 Å². The molecule has 3 aromatic heterocycles. The van der Waals surface area contributed by atoms with Crippen LogP contribution in [-0.4, -0.2) is 46.9 Å². The van der Waals surface area contributed by atoms with Gasteiger partial charge in [0.05, 0.1) is 30.2 Å². The summed E-state index contributed by atoms with van der Waals surface area (Å²) in [7, 11) is 0. The number of anilines is 1. The number of imidazole rings is 1. The predicted molar refractivity (Wildman–Crippen MR) is 150 cm³/mol. The van der Waals surface area contributed by atoms with Crippen molar-refractivity contribution in [1.82, 2.24) is 29.7 Å². The van der Waals surface area contributed by atoms with Crippen LogP contribution >= 0.6 is 0 Å². The Morgan fingerprint density at radius 2 is 1.97 bits per heavy atom. The Hall–Kier alpha value is -3.61. The van der Waals surface area contributed by atoms with Gasteiger partial charge in [-0.15, -0.1) is 0 Å². The normalized spacial score (nSPS) is 14.8. The zero-order chi connectivity index (χ0) is 28.1. The van der Waals surface area contributed by atoms with Gasteiger partial charge < -0.3 is 16.2 Å². The van der Waals surface area contributed by atoms with Gasteiger partial charge in [0.15, 0.2) is 0 Å². The van der Waals surface area contributed by atoms with Crippen LogP contribution in [-0.2, 0) is 6.54 Å². The molecule has 11 nitrogen and oxygen atoms in total. The highest BCUT2D eigenvalue weighted by Crippen LogP contribution is 2.29. The van der Waals surface area contributed by atoms with Crippen LogP contribution < -0.4 is 22.3 Å². The maximum atomic E-state index is 13.4. The average molecular weight is 532 g/mol. The third-order valence-corrected chi connectivity index (χ3v) is 7.04. The molecule has 1 fully saturated rings. The zero-order valence-corrected chi connectivity index (χ0v) is 23.1. The van der Waals surface area contributed by atoms with E-state index in [0.717, 1.165) is 46.5 Å². The van der Waals surface area contributed by atoms with E-state index in [9.17, 15) is 9.90 Å². The minimum atomic E-state index is -0.892. The Morgan fingerprint density at radius 3 is 2.67 bits per heavy atom. The van der Waals surface area contributed by atoms with Crippen LogP contribution in [0.15, 0.2) is 42.7 Å². The van der Waals surface area contributed by atoms with Gasteiger partial charge >= 0.3 is 0 Å². The molecule has 0 saturated heterocycles. The molecule has 5 rings (SSSR count). The molecule has 3 heterocycles. The topological polar surface area (TPSA) is 152 Å². The number of hydrogen-bond acceptors (Lipinski definition) is 8. The lowest BCUT2D eigenvalue weighted by Crippen LogP contribution is -2.49. The van der Waals surface area contributed by atoms with Crippen molar-refractivity contribution in [1.29, 1.82) is 0 Å². The largest absolute Gasteiger partial charge is 0.389 e. The number of hydrazine groups is 2. The second-order valence-electron chi connectivity index (χ2n) is 11.1. The van der Waals surface area contributed by atoms with Crippen molar-refractivity contribution >= 4 is 17.2 Å².